The number of alkyl halides is 3. The Hall–Kier alpha value is -1.60. The summed E-state index contributed by atoms with van der Waals surface area (Å²) < 4.78 is 50.5. The Labute approximate surface area is 145 Å². The van der Waals surface area contributed by atoms with Crippen molar-refractivity contribution in [3.05, 3.63) is 58.2 Å². The maximum absolute atomic E-state index is 13.0. The fraction of sp³-hybridized carbons (Fsp3) is 0.353. The number of benzene rings is 1. The van der Waals surface area contributed by atoms with E-state index in [0.29, 0.717) is 19.4 Å². The normalized spacial score (nSPS) is 20.5. The van der Waals surface area contributed by atoms with E-state index in [1.165, 1.54) is 6.20 Å². The van der Waals surface area contributed by atoms with E-state index in [2.05, 4.69) is 20.9 Å². The van der Waals surface area contributed by atoms with Gasteiger partial charge < -0.3 is 9.47 Å². The lowest BCUT2D eigenvalue weighted by atomic mass is 9.92. The first kappa shape index (κ1) is 17.2. The Kier molecular flexibility index (Phi) is 5.10. The van der Waals surface area contributed by atoms with E-state index in [0.717, 1.165) is 11.6 Å². The van der Waals surface area contributed by atoms with Crippen LogP contribution in [0.25, 0.3) is 0 Å². The molecule has 0 bridgehead atoms. The van der Waals surface area contributed by atoms with Crippen LogP contribution < -0.4 is 4.74 Å². The third-order valence-corrected chi connectivity index (χ3v) is 4.22. The van der Waals surface area contributed by atoms with Crippen molar-refractivity contribution in [3.8, 4) is 5.88 Å². The summed E-state index contributed by atoms with van der Waals surface area (Å²) in [6.45, 7) is 0.489. The van der Waals surface area contributed by atoms with E-state index < -0.39 is 11.7 Å². The Morgan fingerprint density at radius 3 is 2.50 bits per heavy atom. The lowest BCUT2D eigenvalue weighted by Gasteiger charge is -2.35. The average molecular weight is 402 g/mol. The van der Waals surface area contributed by atoms with Crippen LogP contribution in [0.1, 0.15) is 24.0 Å². The molecule has 1 fully saturated rings. The van der Waals surface area contributed by atoms with Crippen LogP contribution in [-0.4, -0.2) is 17.2 Å². The maximum atomic E-state index is 13.0. The molecule has 128 valence electrons. The zero-order valence-corrected chi connectivity index (χ0v) is 14.2. The van der Waals surface area contributed by atoms with Crippen LogP contribution in [0.5, 0.6) is 5.88 Å². The number of aromatic nitrogens is 1. The summed E-state index contributed by atoms with van der Waals surface area (Å²) in [6.07, 6.45) is -2.39. The second kappa shape index (κ2) is 7.11. The molecule has 0 N–H and O–H groups in total. The number of pyridine rings is 1. The molecular formula is C17H15BrF3NO2. The van der Waals surface area contributed by atoms with E-state index in [1.54, 1.807) is 0 Å². The number of rotatable bonds is 5. The smallest absolute Gasteiger partial charge is 0.421 e. The Balaban J connectivity index is 1.53. The molecule has 1 aromatic heterocycles. The minimum Gasteiger partial charge on any atom is -0.474 e. The molecule has 1 saturated carbocycles. The summed E-state index contributed by atoms with van der Waals surface area (Å²) in [4.78, 5) is 3.76. The predicted molar refractivity (Wildman–Crippen MR) is 85.6 cm³/mol. The third-order valence-electron chi connectivity index (χ3n) is 3.78. The largest absolute Gasteiger partial charge is 0.474 e. The molecular weight excluding hydrogens is 387 g/mol. The second-order valence-corrected chi connectivity index (χ2v) is 6.55. The van der Waals surface area contributed by atoms with Crippen LogP contribution in [-0.2, 0) is 17.5 Å². The standard InChI is InChI=1S/C17H15BrF3NO2/c18-12-6-15(17(19,20)21)16(22-9-12)24-14-7-13(8-14)23-10-11-4-2-1-3-5-11/h1-6,9,13-14H,7-8,10H2. The minimum absolute atomic E-state index is 0.00000814. The number of hydrogen-bond donors (Lipinski definition) is 0. The first-order valence-corrected chi connectivity index (χ1v) is 8.26. The summed E-state index contributed by atoms with van der Waals surface area (Å²) >= 11 is 3.00. The van der Waals surface area contributed by atoms with Gasteiger partial charge in [-0.3, -0.25) is 0 Å². The zero-order chi connectivity index (χ0) is 17.2. The number of hydrogen-bond acceptors (Lipinski definition) is 3. The van der Waals surface area contributed by atoms with Gasteiger partial charge in [-0.05, 0) is 27.6 Å². The van der Waals surface area contributed by atoms with Crippen molar-refractivity contribution in [3.63, 3.8) is 0 Å². The zero-order valence-electron chi connectivity index (χ0n) is 12.6. The topological polar surface area (TPSA) is 31.4 Å². The quantitative estimate of drug-likeness (QED) is 0.706. The third kappa shape index (κ3) is 4.27. The minimum atomic E-state index is -4.50. The molecule has 0 spiro atoms. The van der Waals surface area contributed by atoms with Gasteiger partial charge in [0.05, 0.1) is 12.7 Å². The van der Waals surface area contributed by atoms with Gasteiger partial charge in [0.1, 0.15) is 11.7 Å². The summed E-state index contributed by atoms with van der Waals surface area (Å²) in [5, 5.41) is 0. The van der Waals surface area contributed by atoms with Crippen LogP contribution in [0.15, 0.2) is 47.1 Å². The highest BCUT2D eigenvalue weighted by atomic mass is 79.9. The Bertz CT molecular complexity index is 688. The molecule has 3 rings (SSSR count). The van der Waals surface area contributed by atoms with Gasteiger partial charge in [0.15, 0.2) is 0 Å². The molecule has 1 aliphatic rings. The number of halogens is 4. The summed E-state index contributed by atoms with van der Waals surface area (Å²) in [5.41, 5.74) is 0.196. The predicted octanol–water partition coefficient (Wildman–Crippen LogP) is 4.99. The molecule has 3 nitrogen and oxygen atoms in total. The molecule has 0 amide bonds. The summed E-state index contributed by atoms with van der Waals surface area (Å²) in [6, 6.07) is 10.7. The highest BCUT2D eigenvalue weighted by molar-refractivity contribution is 9.10. The first-order valence-electron chi connectivity index (χ1n) is 7.47. The highest BCUT2D eigenvalue weighted by Gasteiger charge is 2.38. The van der Waals surface area contributed by atoms with Gasteiger partial charge in [-0.1, -0.05) is 30.3 Å². The SMILES string of the molecule is FC(F)(F)c1cc(Br)cnc1OC1CC(OCc2ccccc2)C1. The Morgan fingerprint density at radius 1 is 1.12 bits per heavy atom. The average Bonchev–Trinajstić information content (AvgIpc) is 2.50. The van der Waals surface area contributed by atoms with Crippen molar-refractivity contribution >= 4 is 15.9 Å². The van der Waals surface area contributed by atoms with E-state index in [4.69, 9.17) is 9.47 Å². The van der Waals surface area contributed by atoms with Crippen LogP contribution in [0.4, 0.5) is 13.2 Å². The van der Waals surface area contributed by atoms with E-state index in [-0.39, 0.29) is 22.6 Å². The monoisotopic (exact) mass is 401 g/mol. The van der Waals surface area contributed by atoms with E-state index in [1.807, 2.05) is 30.3 Å². The van der Waals surface area contributed by atoms with Gasteiger partial charge in [-0.25, -0.2) is 4.98 Å². The molecule has 0 unspecified atom stereocenters. The van der Waals surface area contributed by atoms with Crippen molar-refractivity contribution in [2.45, 2.75) is 37.8 Å². The van der Waals surface area contributed by atoms with Gasteiger partial charge >= 0.3 is 6.18 Å². The van der Waals surface area contributed by atoms with Gasteiger partial charge in [0.2, 0.25) is 5.88 Å². The number of nitrogens with zero attached hydrogens (tertiary/aromatic N) is 1. The lowest BCUT2D eigenvalue weighted by Crippen LogP contribution is -2.40. The summed E-state index contributed by atoms with van der Waals surface area (Å²) in [5.74, 6) is -0.378. The van der Waals surface area contributed by atoms with Crippen LogP contribution in [0.2, 0.25) is 0 Å². The fourth-order valence-electron chi connectivity index (χ4n) is 2.42. The van der Waals surface area contributed by atoms with Gasteiger partial charge in [0.25, 0.3) is 0 Å². The molecule has 7 heteroatoms. The molecule has 0 saturated heterocycles. The van der Waals surface area contributed by atoms with Crippen molar-refractivity contribution in [1.82, 2.24) is 4.98 Å². The van der Waals surface area contributed by atoms with Crippen molar-refractivity contribution in [1.29, 1.82) is 0 Å². The van der Waals surface area contributed by atoms with Gasteiger partial charge in [0, 0.05) is 23.5 Å². The molecule has 0 atom stereocenters. The lowest BCUT2D eigenvalue weighted by molar-refractivity contribution is -0.141. The van der Waals surface area contributed by atoms with Gasteiger partial charge in [-0.15, -0.1) is 0 Å². The molecule has 1 aromatic carbocycles. The van der Waals surface area contributed by atoms with Gasteiger partial charge in [-0.2, -0.15) is 13.2 Å². The molecule has 24 heavy (non-hydrogen) atoms. The van der Waals surface area contributed by atoms with E-state index in [9.17, 15) is 13.2 Å². The van der Waals surface area contributed by atoms with Crippen molar-refractivity contribution < 1.29 is 22.6 Å². The fourth-order valence-corrected chi connectivity index (χ4v) is 2.75. The highest BCUT2D eigenvalue weighted by Crippen LogP contribution is 2.38. The number of ether oxygens (including phenoxy) is 2. The molecule has 2 aromatic rings. The van der Waals surface area contributed by atoms with Crippen molar-refractivity contribution in [2.75, 3.05) is 0 Å². The van der Waals surface area contributed by atoms with Crippen LogP contribution in [0.3, 0.4) is 0 Å². The molecule has 0 aliphatic heterocycles. The Morgan fingerprint density at radius 2 is 1.83 bits per heavy atom. The van der Waals surface area contributed by atoms with Crippen LogP contribution >= 0.6 is 15.9 Å². The molecule has 1 aliphatic carbocycles. The van der Waals surface area contributed by atoms with E-state index >= 15 is 0 Å². The summed E-state index contributed by atoms with van der Waals surface area (Å²) in [7, 11) is 0. The first-order chi connectivity index (χ1) is 11.4. The van der Waals surface area contributed by atoms with Crippen LogP contribution in [0, 0.1) is 0 Å². The molecule has 1 heterocycles. The second-order valence-electron chi connectivity index (χ2n) is 5.63. The molecule has 0 radical (unpaired) electrons. The maximum Gasteiger partial charge on any atom is 0.421 e. The van der Waals surface area contributed by atoms with Crippen molar-refractivity contribution in [2.24, 2.45) is 0 Å².